The number of fused-ring (bicyclic) bond motifs is 1. The quantitative estimate of drug-likeness (QED) is 0.853. The maximum atomic E-state index is 11.8. The summed E-state index contributed by atoms with van der Waals surface area (Å²) in [5, 5.41) is 0. The third-order valence-electron chi connectivity index (χ3n) is 4.69. The van der Waals surface area contributed by atoms with Gasteiger partial charge in [0, 0.05) is 38.1 Å². The molecule has 0 spiro atoms. The van der Waals surface area contributed by atoms with E-state index in [-0.39, 0.29) is 0 Å². The van der Waals surface area contributed by atoms with Gasteiger partial charge < -0.3 is 4.57 Å². The molecule has 0 radical (unpaired) electrons. The van der Waals surface area contributed by atoms with Crippen molar-refractivity contribution >= 4 is 9.84 Å². The molecule has 24 heavy (non-hydrogen) atoms. The average Bonchev–Trinajstić information content (AvgIpc) is 2.88. The molecule has 0 saturated carbocycles. The number of rotatable bonds is 4. The Labute approximate surface area is 144 Å². The van der Waals surface area contributed by atoms with E-state index in [0.29, 0.717) is 10.9 Å². The minimum atomic E-state index is -3.14. The highest BCUT2D eigenvalue weighted by molar-refractivity contribution is 7.90. The number of benzene rings is 1. The molecule has 2 heterocycles. The zero-order valence-corrected chi connectivity index (χ0v) is 15.4. The Balaban J connectivity index is 1.75. The van der Waals surface area contributed by atoms with Crippen molar-refractivity contribution in [1.82, 2.24) is 14.5 Å². The zero-order chi connectivity index (χ0) is 17.3. The van der Waals surface area contributed by atoms with Gasteiger partial charge in [0.15, 0.2) is 9.84 Å². The highest BCUT2D eigenvalue weighted by Crippen LogP contribution is 2.21. The van der Waals surface area contributed by atoms with Crippen LogP contribution in [0.15, 0.2) is 35.6 Å². The van der Waals surface area contributed by atoms with E-state index in [0.717, 1.165) is 38.0 Å². The second kappa shape index (κ2) is 6.69. The van der Waals surface area contributed by atoms with E-state index >= 15 is 0 Å². The average molecular weight is 347 g/mol. The van der Waals surface area contributed by atoms with Gasteiger partial charge in [-0.15, -0.1) is 0 Å². The monoisotopic (exact) mass is 347 g/mol. The Morgan fingerprint density at radius 3 is 2.54 bits per heavy atom. The predicted molar refractivity (Wildman–Crippen MR) is 94.8 cm³/mol. The maximum absolute atomic E-state index is 11.8. The molecular weight excluding hydrogens is 322 g/mol. The second-order valence-electron chi connectivity index (χ2n) is 6.86. The molecule has 1 aromatic carbocycles. The highest BCUT2D eigenvalue weighted by Gasteiger charge is 2.18. The molecule has 0 amide bonds. The van der Waals surface area contributed by atoms with Crippen molar-refractivity contribution in [2.45, 2.75) is 44.2 Å². The van der Waals surface area contributed by atoms with Gasteiger partial charge in [-0.2, -0.15) is 0 Å². The molecule has 3 rings (SSSR count). The molecule has 6 heteroatoms. The van der Waals surface area contributed by atoms with Gasteiger partial charge in [-0.3, -0.25) is 4.90 Å². The number of sulfone groups is 1. The lowest BCUT2D eigenvalue weighted by Crippen LogP contribution is -2.27. The van der Waals surface area contributed by atoms with Crippen LogP contribution in [0.1, 0.15) is 36.7 Å². The SMILES string of the molecule is CC(C)n1cncc1CN1CCc2ccc(S(C)(=O)=O)cc2CC1. The lowest BCUT2D eigenvalue weighted by atomic mass is 10.0. The third kappa shape index (κ3) is 3.70. The summed E-state index contributed by atoms with van der Waals surface area (Å²) in [5.74, 6) is 0. The van der Waals surface area contributed by atoms with E-state index < -0.39 is 9.84 Å². The molecular formula is C18H25N3O2S. The number of hydrogen-bond donors (Lipinski definition) is 0. The Hall–Kier alpha value is -1.66. The first-order valence-electron chi connectivity index (χ1n) is 8.39. The van der Waals surface area contributed by atoms with Gasteiger partial charge in [0.05, 0.1) is 16.9 Å². The summed E-state index contributed by atoms with van der Waals surface area (Å²) in [6.45, 7) is 7.12. The summed E-state index contributed by atoms with van der Waals surface area (Å²) < 4.78 is 25.7. The Kier molecular flexibility index (Phi) is 4.78. The predicted octanol–water partition coefficient (Wildman–Crippen LogP) is 2.47. The molecule has 0 atom stereocenters. The lowest BCUT2D eigenvalue weighted by molar-refractivity contribution is 0.270. The van der Waals surface area contributed by atoms with Crippen molar-refractivity contribution in [1.29, 1.82) is 0 Å². The molecule has 0 unspecified atom stereocenters. The Bertz CT molecular complexity index is 825. The van der Waals surface area contributed by atoms with Gasteiger partial charge in [0.1, 0.15) is 0 Å². The second-order valence-corrected chi connectivity index (χ2v) is 8.88. The number of nitrogens with zero attached hydrogens (tertiary/aromatic N) is 3. The molecule has 1 aliphatic rings. The van der Waals surface area contributed by atoms with Gasteiger partial charge in [-0.1, -0.05) is 6.07 Å². The van der Waals surface area contributed by atoms with Crippen molar-refractivity contribution < 1.29 is 8.42 Å². The Morgan fingerprint density at radius 2 is 1.88 bits per heavy atom. The number of hydrogen-bond acceptors (Lipinski definition) is 4. The summed E-state index contributed by atoms with van der Waals surface area (Å²) in [7, 11) is -3.14. The zero-order valence-electron chi connectivity index (χ0n) is 14.6. The van der Waals surface area contributed by atoms with E-state index in [1.165, 1.54) is 17.5 Å². The first-order chi connectivity index (χ1) is 11.3. The van der Waals surface area contributed by atoms with Crippen molar-refractivity contribution in [3.63, 3.8) is 0 Å². The van der Waals surface area contributed by atoms with Crippen LogP contribution in [-0.4, -0.2) is 42.2 Å². The molecule has 2 aromatic rings. The van der Waals surface area contributed by atoms with Crippen LogP contribution in [0.3, 0.4) is 0 Å². The molecule has 0 fully saturated rings. The molecule has 0 N–H and O–H groups in total. The van der Waals surface area contributed by atoms with Crippen molar-refractivity contribution in [3.05, 3.63) is 47.5 Å². The topological polar surface area (TPSA) is 55.2 Å². The first-order valence-corrected chi connectivity index (χ1v) is 10.3. The highest BCUT2D eigenvalue weighted by atomic mass is 32.2. The fraction of sp³-hybridized carbons (Fsp3) is 0.500. The summed E-state index contributed by atoms with van der Waals surface area (Å²) in [4.78, 5) is 7.13. The van der Waals surface area contributed by atoms with Crippen LogP contribution >= 0.6 is 0 Å². The number of aromatic nitrogens is 2. The molecule has 1 aromatic heterocycles. The van der Waals surface area contributed by atoms with Gasteiger partial charge >= 0.3 is 0 Å². The van der Waals surface area contributed by atoms with Crippen LogP contribution in [0, 0.1) is 0 Å². The van der Waals surface area contributed by atoms with Gasteiger partial charge in [-0.05, 0) is 49.9 Å². The van der Waals surface area contributed by atoms with E-state index in [2.05, 4.69) is 28.3 Å². The minimum Gasteiger partial charge on any atom is -0.331 e. The molecule has 0 aliphatic carbocycles. The minimum absolute atomic E-state index is 0.406. The smallest absolute Gasteiger partial charge is 0.175 e. The van der Waals surface area contributed by atoms with Crippen LogP contribution in [0.25, 0.3) is 0 Å². The first kappa shape index (κ1) is 17.2. The fourth-order valence-corrected chi connectivity index (χ4v) is 3.96. The maximum Gasteiger partial charge on any atom is 0.175 e. The van der Waals surface area contributed by atoms with Crippen LogP contribution in [0.5, 0.6) is 0 Å². The summed E-state index contributed by atoms with van der Waals surface area (Å²) in [5.41, 5.74) is 3.66. The van der Waals surface area contributed by atoms with E-state index in [9.17, 15) is 8.42 Å². The van der Waals surface area contributed by atoms with E-state index in [4.69, 9.17) is 0 Å². The van der Waals surface area contributed by atoms with Gasteiger partial charge in [-0.25, -0.2) is 13.4 Å². The van der Waals surface area contributed by atoms with E-state index in [1.807, 2.05) is 24.7 Å². The van der Waals surface area contributed by atoms with Crippen molar-refractivity contribution in [3.8, 4) is 0 Å². The summed E-state index contributed by atoms with van der Waals surface area (Å²) in [6.07, 6.45) is 6.94. The molecule has 0 bridgehead atoms. The largest absolute Gasteiger partial charge is 0.331 e. The fourth-order valence-electron chi connectivity index (χ4n) is 3.29. The molecule has 1 aliphatic heterocycles. The molecule has 5 nitrogen and oxygen atoms in total. The summed E-state index contributed by atoms with van der Waals surface area (Å²) in [6, 6.07) is 5.97. The van der Waals surface area contributed by atoms with Crippen LogP contribution in [0.4, 0.5) is 0 Å². The third-order valence-corrected chi connectivity index (χ3v) is 5.80. The van der Waals surface area contributed by atoms with Crippen molar-refractivity contribution in [2.75, 3.05) is 19.3 Å². The van der Waals surface area contributed by atoms with Crippen LogP contribution in [-0.2, 0) is 29.2 Å². The van der Waals surface area contributed by atoms with E-state index in [1.54, 1.807) is 6.07 Å². The lowest BCUT2D eigenvalue weighted by Gasteiger charge is -2.21. The normalized spacial score (nSPS) is 16.2. The van der Waals surface area contributed by atoms with Gasteiger partial charge in [0.2, 0.25) is 0 Å². The van der Waals surface area contributed by atoms with Crippen LogP contribution < -0.4 is 0 Å². The van der Waals surface area contributed by atoms with Crippen LogP contribution in [0.2, 0.25) is 0 Å². The Morgan fingerprint density at radius 1 is 1.17 bits per heavy atom. The van der Waals surface area contributed by atoms with Gasteiger partial charge in [0.25, 0.3) is 0 Å². The standard InChI is InChI=1S/C18H25N3O2S/c1-14(2)21-13-19-11-17(21)12-20-8-6-15-4-5-18(24(3,22)23)10-16(15)7-9-20/h4-5,10-11,13-14H,6-9,12H2,1-3H3. The summed E-state index contributed by atoms with van der Waals surface area (Å²) >= 11 is 0. The van der Waals surface area contributed by atoms with Crippen molar-refractivity contribution in [2.24, 2.45) is 0 Å². The molecule has 0 saturated heterocycles. The molecule has 130 valence electrons. The number of imidazole rings is 1.